The predicted octanol–water partition coefficient (Wildman–Crippen LogP) is 2.11. The number of ether oxygens (including phenoxy) is 1. The number of allylic oxidation sites excluding steroid dienone is 3. The number of fused-ring (bicyclic) bond motifs is 2. The van der Waals surface area contributed by atoms with Gasteiger partial charge >= 0.3 is 0 Å². The molecule has 2 rings (SSSR count). The second kappa shape index (κ2) is 3.31. The van der Waals surface area contributed by atoms with E-state index in [9.17, 15) is 5.11 Å². The molecule has 0 aromatic rings. The molecule has 2 bridgehead atoms. The lowest BCUT2D eigenvalue weighted by atomic mass is 10.1. The number of hydrogen-bond acceptors (Lipinski definition) is 2. The maximum Gasteiger partial charge on any atom is 0.128 e. The summed E-state index contributed by atoms with van der Waals surface area (Å²) in [5, 5.41) is 9.61. The second-order valence-electron chi connectivity index (χ2n) is 3.36. The molecule has 2 aliphatic heterocycles. The molecule has 2 nitrogen and oxygen atoms in total. The van der Waals surface area contributed by atoms with Crippen LogP contribution in [0.3, 0.4) is 0 Å². The Balaban J connectivity index is 2.23. The van der Waals surface area contributed by atoms with Crippen LogP contribution in [0.5, 0.6) is 0 Å². The molecule has 1 fully saturated rings. The summed E-state index contributed by atoms with van der Waals surface area (Å²) in [7, 11) is 0. The number of aliphatic hydroxyl groups is 1. The van der Waals surface area contributed by atoms with Crippen molar-refractivity contribution in [3.05, 3.63) is 23.7 Å². The van der Waals surface area contributed by atoms with Gasteiger partial charge in [0.2, 0.25) is 0 Å². The highest BCUT2D eigenvalue weighted by Gasteiger charge is 2.19. The lowest BCUT2D eigenvalue weighted by Gasteiger charge is -2.10. The van der Waals surface area contributed by atoms with Crippen molar-refractivity contribution in [3.63, 3.8) is 0 Å². The first-order valence-corrected chi connectivity index (χ1v) is 4.61. The van der Waals surface area contributed by atoms with Crippen LogP contribution < -0.4 is 0 Å². The van der Waals surface area contributed by atoms with Crippen molar-refractivity contribution in [3.8, 4) is 0 Å². The quantitative estimate of drug-likeness (QED) is 0.597. The molecule has 1 saturated heterocycles. The molecule has 0 spiro atoms. The van der Waals surface area contributed by atoms with E-state index in [0.717, 1.165) is 43.6 Å². The Kier molecular flexibility index (Phi) is 2.17. The number of aliphatic hydroxyl groups excluding tert-OH is 1. The van der Waals surface area contributed by atoms with Crippen LogP contribution in [0, 0.1) is 0 Å². The van der Waals surface area contributed by atoms with Crippen molar-refractivity contribution >= 4 is 0 Å². The van der Waals surface area contributed by atoms with Gasteiger partial charge in [0, 0.05) is 6.42 Å². The second-order valence-corrected chi connectivity index (χ2v) is 3.36. The molecule has 2 heteroatoms. The zero-order valence-electron chi connectivity index (χ0n) is 7.12. The highest BCUT2D eigenvalue weighted by atomic mass is 16.5. The van der Waals surface area contributed by atoms with Crippen LogP contribution in [0.4, 0.5) is 0 Å². The Morgan fingerprint density at radius 2 is 2.17 bits per heavy atom. The van der Waals surface area contributed by atoms with Crippen LogP contribution in [-0.2, 0) is 4.74 Å². The van der Waals surface area contributed by atoms with Gasteiger partial charge in [0.25, 0.3) is 0 Å². The Labute approximate surface area is 72.5 Å². The smallest absolute Gasteiger partial charge is 0.128 e. The first-order valence-electron chi connectivity index (χ1n) is 4.61. The molecule has 0 aliphatic carbocycles. The van der Waals surface area contributed by atoms with Crippen LogP contribution in [-0.4, -0.2) is 11.2 Å². The minimum absolute atomic E-state index is 0.367. The Hall–Kier alpha value is -0.760. The molecular formula is C10H14O2. The summed E-state index contributed by atoms with van der Waals surface area (Å²) in [6.07, 6.45) is 8.68. The summed E-state index contributed by atoms with van der Waals surface area (Å²) in [6.45, 7) is 0. The fourth-order valence-electron chi connectivity index (χ4n) is 1.67. The first-order chi connectivity index (χ1) is 5.86. The van der Waals surface area contributed by atoms with E-state index in [4.69, 9.17) is 4.74 Å². The van der Waals surface area contributed by atoms with Gasteiger partial charge in [-0.2, -0.15) is 0 Å². The van der Waals surface area contributed by atoms with Gasteiger partial charge in [-0.05, 0) is 37.8 Å². The summed E-state index contributed by atoms with van der Waals surface area (Å²) in [5.74, 6) is 1.83. The van der Waals surface area contributed by atoms with Gasteiger partial charge in [-0.3, -0.25) is 0 Å². The topological polar surface area (TPSA) is 29.5 Å². The van der Waals surface area contributed by atoms with Crippen LogP contribution in [0.1, 0.15) is 32.1 Å². The Morgan fingerprint density at radius 3 is 3.08 bits per heavy atom. The molecule has 2 heterocycles. The standard InChI is InChI=1S/C10H14O2/c11-9-6-3-5-8-4-1-2-7-10(9)12-8/h4,7,9,11H,1-3,5-6H2. The third-order valence-corrected chi connectivity index (χ3v) is 2.36. The maximum absolute atomic E-state index is 9.61. The van der Waals surface area contributed by atoms with Crippen molar-refractivity contribution in [1.82, 2.24) is 0 Å². The van der Waals surface area contributed by atoms with Gasteiger partial charge in [-0.15, -0.1) is 0 Å². The fourth-order valence-corrected chi connectivity index (χ4v) is 1.67. The molecule has 0 amide bonds. The van der Waals surface area contributed by atoms with E-state index in [1.165, 1.54) is 0 Å². The van der Waals surface area contributed by atoms with Crippen molar-refractivity contribution in [2.45, 2.75) is 38.2 Å². The lowest BCUT2D eigenvalue weighted by Crippen LogP contribution is -2.09. The number of hydrogen-bond donors (Lipinski definition) is 1. The van der Waals surface area contributed by atoms with Crippen LogP contribution in [0.2, 0.25) is 0 Å². The third-order valence-electron chi connectivity index (χ3n) is 2.36. The van der Waals surface area contributed by atoms with Gasteiger partial charge in [0.1, 0.15) is 11.9 Å². The molecular weight excluding hydrogens is 152 g/mol. The molecule has 66 valence electrons. The maximum atomic E-state index is 9.61. The molecule has 0 aromatic heterocycles. The van der Waals surface area contributed by atoms with Crippen LogP contribution in [0.25, 0.3) is 0 Å². The van der Waals surface area contributed by atoms with Gasteiger partial charge in [-0.1, -0.05) is 0 Å². The van der Waals surface area contributed by atoms with E-state index in [2.05, 4.69) is 6.08 Å². The molecule has 1 unspecified atom stereocenters. The van der Waals surface area contributed by atoms with Gasteiger partial charge < -0.3 is 9.84 Å². The normalized spacial score (nSPS) is 29.2. The highest BCUT2D eigenvalue weighted by molar-refractivity contribution is 5.12. The minimum atomic E-state index is -0.367. The van der Waals surface area contributed by atoms with E-state index in [-0.39, 0.29) is 6.10 Å². The van der Waals surface area contributed by atoms with Crippen LogP contribution in [0.15, 0.2) is 23.7 Å². The molecule has 1 N–H and O–H groups in total. The van der Waals surface area contributed by atoms with E-state index < -0.39 is 0 Å². The predicted molar refractivity (Wildman–Crippen MR) is 46.3 cm³/mol. The van der Waals surface area contributed by atoms with E-state index in [1.54, 1.807) is 0 Å². The lowest BCUT2D eigenvalue weighted by molar-refractivity contribution is 0.139. The average Bonchev–Trinajstić information content (AvgIpc) is 2.38. The van der Waals surface area contributed by atoms with Crippen molar-refractivity contribution < 1.29 is 9.84 Å². The molecule has 0 saturated carbocycles. The Morgan fingerprint density at radius 1 is 1.33 bits per heavy atom. The molecule has 12 heavy (non-hydrogen) atoms. The average molecular weight is 166 g/mol. The van der Waals surface area contributed by atoms with Crippen molar-refractivity contribution in [1.29, 1.82) is 0 Å². The zero-order chi connectivity index (χ0) is 8.39. The summed E-state index contributed by atoms with van der Waals surface area (Å²) < 4.78 is 5.56. The monoisotopic (exact) mass is 166 g/mol. The number of rotatable bonds is 0. The van der Waals surface area contributed by atoms with Gasteiger partial charge in [0.05, 0.1) is 5.76 Å². The summed E-state index contributed by atoms with van der Waals surface area (Å²) in [5.41, 5.74) is 0. The fraction of sp³-hybridized carbons (Fsp3) is 0.600. The molecule has 0 aromatic carbocycles. The first kappa shape index (κ1) is 7.87. The zero-order valence-corrected chi connectivity index (χ0v) is 7.12. The summed E-state index contributed by atoms with van der Waals surface area (Å²) >= 11 is 0. The molecule has 2 aliphatic rings. The summed E-state index contributed by atoms with van der Waals surface area (Å²) in [6, 6.07) is 0. The van der Waals surface area contributed by atoms with Crippen molar-refractivity contribution in [2.24, 2.45) is 0 Å². The Bertz CT molecular complexity index is 228. The van der Waals surface area contributed by atoms with Crippen LogP contribution >= 0.6 is 0 Å². The van der Waals surface area contributed by atoms with Gasteiger partial charge in [-0.25, -0.2) is 0 Å². The van der Waals surface area contributed by atoms with E-state index in [1.807, 2.05) is 6.08 Å². The largest absolute Gasteiger partial charge is 0.464 e. The highest BCUT2D eigenvalue weighted by Crippen LogP contribution is 2.27. The summed E-state index contributed by atoms with van der Waals surface area (Å²) in [4.78, 5) is 0. The van der Waals surface area contributed by atoms with Gasteiger partial charge in [0.15, 0.2) is 0 Å². The van der Waals surface area contributed by atoms with Crippen molar-refractivity contribution in [2.75, 3.05) is 0 Å². The molecule has 1 atom stereocenters. The minimum Gasteiger partial charge on any atom is -0.464 e. The third kappa shape index (κ3) is 1.53. The SMILES string of the molecule is OC1CCCC2=CCCC=C1O2. The van der Waals surface area contributed by atoms with E-state index >= 15 is 0 Å². The molecule has 0 radical (unpaired) electrons. The van der Waals surface area contributed by atoms with E-state index in [0.29, 0.717) is 0 Å².